The molecule has 31 heavy (non-hydrogen) atoms. The van der Waals surface area contributed by atoms with Gasteiger partial charge in [0.25, 0.3) is 0 Å². The molecule has 0 saturated carbocycles. The Balaban J connectivity index is 2.28. The van der Waals surface area contributed by atoms with Crippen molar-refractivity contribution < 1.29 is 9.59 Å². The molecule has 1 aromatic carbocycles. The summed E-state index contributed by atoms with van der Waals surface area (Å²) in [7, 11) is 0. The van der Waals surface area contributed by atoms with Gasteiger partial charge < -0.3 is 11.5 Å². The van der Waals surface area contributed by atoms with Crippen LogP contribution in [0.25, 0.3) is 0 Å². The van der Waals surface area contributed by atoms with Crippen molar-refractivity contribution in [3.63, 3.8) is 0 Å². The quantitative estimate of drug-likeness (QED) is 0.119. The second-order valence-electron chi connectivity index (χ2n) is 7.08. The predicted molar refractivity (Wildman–Crippen MR) is 123 cm³/mol. The number of halogens is 1. The van der Waals surface area contributed by atoms with Crippen LogP contribution in [0.2, 0.25) is 0 Å². The maximum atomic E-state index is 13.2. The summed E-state index contributed by atoms with van der Waals surface area (Å²) in [6, 6.07) is 6.83. The van der Waals surface area contributed by atoms with Crippen LogP contribution in [0, 0.1) is 0 Å². The van der Waals surface area contributed by atoms with Gasteiger partial charge in [0.2, 0.25) is 5.96 Å². The van der Waals surface area contributed by atoms with Gasteiger partial charge in [-0.05, 0) is 51.3 Å². The minimum absolute atomic E-state index is 0.149. The van der Waals surface area contributed by atoms with Gasteiger partial charge in [0, 0.05) is 33.7 Å². The molecule has 0 aliphatic heterocycles. The molecule has 0 amide bonds. The number of nitrogens with two attached hydrogens (primary N) is 3. The lowest BCUT2D eigenvalue weighted by Gasteiger charge is -2.21. The molecular weight excluding hydrogens is 420 g/mol. The van der Waals surface area contributed by atoms with E-state index < -0.39 is 6.29 Å². The first kappa shape index (κ1) is 24.2. The zero-order valence-corrected chi connectivity index (χ0v) is 18.2. The Labute approximate surface area is 185 Å². The third-order valence-electron chi connectivity index (χ3n) is 4.65. The number of carbonyl (C=O) groups excluding carboxylic acids is 2. The van der Waals surface area contributed by atoms with Crippen molar-refractivity contribution in [1.82, 2.24) is 10.3 Å². The summed E-state index contributed by atoms with van der Waals surface area (Å²) in [5, 5.41) is 11.7. The lowest BCUT2D eigenvalue weighted by molar-refractivity contribution is 0.0969. The van der Waals surface area contributed by atoms with Gasteiger partial charge in [-0.2, -0.15) is 15.0 Å². The Hall–Kier alpha value is -3.08. The highest BCUT2D eigenvalue weighted by atomic mass is 35.5. The second-order valence-corrected chi connectivity index (χ2v) is 7.30. The van der Waals surface area contributed by atoms with Gasteiger partial charge >= 0.3 is 0 Å². The number of rotatable bonds is 10. The van der Waals surface area contributed by atoms with Gasteiger partial charge in [-0.15, -0.1) is 5.10 Å². The van der Waals surface area contributed by atoms with Gasteiger partial charge in [0.1, 0.15) is 0 Å². The van der Waals surface area contributed by atoms with E-state index in [1.165, 1.54) is 0 Å². The van der Waals surface area contributed by atoms with E-state index in [0.717, 1.165) is 0 Å². The first-order valence-corrected chi connectivity index (χ1v) is 10.0. The summed E-state index contributed by atoms with van der Waals surface area (Å²) in [5.74, 6) is -0.450. The van der Waals surface area contributed by atoms with Crippen LogP contribution in [0.15, 0.2) is 50.7 Å². The number of carbonyl (C=O) groups is 2. The molecule has 10 nitrogen and oxygen atoms in total. The molecule has 0 aromatic heterocycles. The number of hydrazone groups is 1. The molecule has 2 rings (SSSR count). The molecule has 1 aliphatic carbocycles. The molecule has 11 heteroatoms. The van der Waals surface area contributed by atoms with Crippen molar-refractivity contribution in [2.45, 2.75) is 45.8 Å². The van der Waals surface area contributed by atoms with Crippen molar-refractivity contribution in [2.75, 3.05) is 0 Å². The zero-order chi connectivity index (χ0) is 23.0. The Bertz CT molecular complexity index is 964. The van der Waals surface area contributed by atoms with E-state index in [0.29, 0.717) is 59.4 Å². The van der Waals surface area contributed by atoms with Crippen LogP contribution in [-0.4, -0.2) is 35.2 Å². The van der Waals surface area contributed by atoms with E-state index in [1.807, 2.05) is 0 Å². The summed E-state index contributed by atoms with van der Waals surface area (Å²) >= 11 is 5.41. The number of guanidine groups is 1. The lowest BCUT2D eigenvalue weighted by Crippen LogP contribution is -2.42. The predicted octanol–water partition coefficient (Wildman–Crippen LogP) is 1.52. The molecule has 1 aromatic rings. The third kappa shape index (κ3) is 6.71. The second kappa shape index (κ2) is 11.3. The summed E-state index contributed by atoms with van der Waals surface area (Å²) in [5.41, 5.74) is 21.9. The molecule has 1 aliphatic rings. The van der Waals surface area contributed by atoms with Crippen LogP contribution in [0.5, 0.6) is 0 Å². The van der Waals surface area contributed by atoms with E-state index in [1.54, 1.807) is 38.1 Å². The fraction of sp³-hybridized carbons (Fsp3) is 0.350. The standard InChI is InChI=1S/C20H27ClN8O2/c1-11(26-28-19(22)23)7-9-15-16(10-8-12(2)27-29-20(24)25-21)18(31)14-6-4-3-5-13(14)17(15)30/h3-6,20,25,29H,7-10,24H2,1-2H3,(H4,22,23,28)/b26-11+,27-12-. The molecular formula is C20H27ClN8O2. The average Bonchev–Trinajstić information content (AvgIpc) is 2.76. The van der Waals surface area contributed by atoms with E-state index in [2.05, 4.69) is 25.6 Å². The zero-order valence-electron chi connectivity index (χ0n) is 17.5. The lowest BCUT2D eigenvalue weighted by atomic mass is 9.80. The van der Waals surface area contributed by atoms with E-state index >= 15 is 0 Å². The molecule has 0 fully saturated rings. The molecule has 0 bridgehead atoms. The van der Waals surface area contributed by atoms with Gasteiger partial charge in [0.05, 0.1) is 0 Å². The number of nitrogens with one attached hydrogen (secondary N) is 2. The minimum atomic E-state index is -0.705. The highest BCUT2D eigenvalue weighted by molar-refractivity contribution is 6.27. The Morgan fingerprint density at radius 3 is 1.97 bits per heavy atom. The summed E-state index contributed by atoms with van der Waals surface area (Å²) in [4.78, 5) is 28.6. The molecule has 0 heterocycles. The van der Waals surface area contributed by atoms with Crippen molar-refractivity contribution in [1.29, 1.82) is 0 Å². The SMILES string of the molecule is C/C(CCC1=C(CC/C(C)=N/N=C(N)N)C(=O)c2ccccc2C1=O)=N/NC(N)NCl. The molecule has 1 unspecified atom stereocenters. The van der Waals surface area contributed by atoms with Crippen LogP contribution in [-0.2, 0) is 0 Å². The summed E-state index contributed by atoms with van der Waals surface area (Å²) in [6.45, 7) is 3.55. The number of Topliss-reactive ketones (excluding diaryl/α,β-unsaturated/α-hetero) is 2. The fourth-order valence-electron chi connectivity index (χ4n) is 3.07. The maximum Gasteiger partial charge on any atom is 0.211 e. The van der Waals surface area contributed by atoms with Crippen LogP contribution in [0.1, 0.15) is 60.2 Å². The fourth-order valence-corrected chi connectivity index (χ4v) is 3.12. The normalized spacial score (nSPS) is 15.6. The van der Waals surface area contributed by atoms with E-state index in [-0.39, 0.29) is 17.5 Å². The molecule has 166 valence electrons. The molecule has 8 N–H and O–H groups in total. The smallest absolute Gasteiger partial charge is 0.211 e. The molecule has 0 saturated heterocycles. The van der Waals surface area contributed by atoms with Gasteiger partial charge in [-0.3, -0.25) is 20.7 Å². The minimum Gasteiger partial charge on any atom is -0.369 e. The third-order valence-corrected chi connectivity index (χ3v) is 4.89. The van der Waals surface area contributed by atoms with Crippen molar-refractivity contribution >= 4 is 40.7 Å². The molecule has 0 spiro atoms. The van der Waals surface area contributed by atoms with Gasteiger partial charge in [-0.25, -0.2) is 0 Å². The van der Waals surface area contributed by atoms with Crippen LogP contribution < -0.4 is 27.5 Å². The molecule has 0 radical (unpaired) electrons. The number of fused-ring (bicyclic) bond motifs is 1. The Kier molecular flexibility index (Phi) is 8.86. The maximum absolute atomic E-state index is 13.2. The van der Waals surface area contributed by atoms with Crippen LogP contribution in [0.4, 0.5) is 0 Å². The first-order valence-electron chi connectivity index (χ1n) is 9.67. The number of allylic oxidation sites excluding steroid dienone is 2. The van der Waals surface area contributed by atoms with Crippen LogP contribution in [0.3, 0.4) is 0 Å². The monoisotopic (exact) mass is 446 g/mol. The van der Waals surface area contributed by atoms with Crippen molar-refractivity contribution in [2.24, 2.45) is 32.5 Å². The van der Waals surface area contributed by atoms with E-state index in [9.17, 15) is 9.59 Å². The number of hydrogen-bond acceptors (Lipinski definition) is 8. The number of nitrogens with zero attached hydrogens (tertiary/aromatic N) is 3. The Morgan fingerprint density at radius 2 is 1.48 bits per heavy atom. The average molecular weight is 447 g/mol. The number of benzene rings is 1. The highest BCUT2D eigenvalue weighted by Gasteiger charge is 2.31. The summed E-state index contributed by atoms with van der Waals surface area (Å²) < 4.78 is 0. The largest absolute Gasteiger partial charge is 0.369 e. The van der Waals surface area contributed by atoms with Crippen LogP contribution >= 0.6 is 11.8 Å². The van der Waals surface area contributed by atoms with E-state index in [4.69, 9.17) is 29.0 Å². The highest BCUT2D eigenvalue weighted by Crippen LogP contribution is 2.31. The summed E-state index contributed by atoms with van der Waals surface area (Å²) in [6.07, 6.45) is 0.895. The number of hydrogen-bond donors (Lipinski definition) is 5. The number of ketones is 2. The Morgan fingerprint density at radius 1 is 0.968 bits per heavy atom. The van der Waals surface area contributed by atoms with Crippen molar-refractivity contribution in [3.05, 3.63) is 46.5 Å². The first-order chi connectivity index (χ1) is 14.7. The van der Waals surface area contributed by atoms with Crippen molar-refractivity contribution in [3.8, 4) is 0 Å². The topological polar surface area (TPSA) is 173 Å². The van der Waals surface area contributed by atoms with Gasteiger partial charge in [0.15, 0.2) is 17.9 Å². The van der Waals surface area contributed by atoms with Gasteiger partial charge in [-0.1, -0.05) is 24.3 Å². The molecule has 1 atom stereocenters.